The monoisotopic (exact) mass is 383 g/mol. The zero-order valence-corrected chi connectivity index (χ0v) is 16.1. The van der Waals surface area contributed by atoms with Crippen LogP contribution in [0.3, 0.4) is 0 Å². The van der Waals surface area contributed by atoms with Crippen LogP contribution >= 0.6 is 0 Å². The van der Waals surface area contributed by atoms with Crippen LogP contribution in [-0.2, 0) is 19.4 Å². The Balaban J connectivity index is 2.01. The lowest BCUT2D eigenvalue weighted by Crippen LogP contribution is -2.45. The largest absolute Gasteiger partial charge is 0.497 e. The zero-order chi connectivity index (χ0) is 19.3. The van der Waals surface area contributed by atoms with E-state index in [1.807, 2.05) is 13.8 Å². The summed E-state index contributed by atoms with van der Waals surface area (Å²) in [6, 6.07) is 6.11. The third kappa shape index (κ3) is 5.45. The normalized spacial score (nSPS) is 18.5. The molecule has 1 atom stereocenters. The quantitative estimate of drug-likeness (QED) is 0.663. The van der Waals surface area contributed by atoms with Gasteiger partial charge in [-0.25, -0.2) is 13.2 Å². The van der Waals surface area contributed by atoms with Gasteiger partial charge in [0.1, 0.15) is 5.75 Å². The summed E-state index contributed by atoms with van der Waals surface area (Å²) in [5.74, 6) is -0.254. The minimum Gasteiger partial charge on any atom is -0.497 e. The Morgan fingerprint density at radius 1 is 1.31 bits per heavy atom. The molecule has 0 spiro atoms. The van der Waals surface area contributed by atoms with Crippen LogP contribution in [-0.4, -0.2) is 63.0 Å². The number of amides is 1. The molecule has 0 unspecified atom stereocenters. The molecule has 1 aromatic rings. The van der Waals surface area contributed by atoms with Gasteiger partial charge in [0.05, 0.1) is 24.2 Å². The number of hydrogen-bond donors (Lipinski definition) is 0. The standard InChI is InChI=1S/C18H25NO6S/c1-13(2)10-19(15-7-8-26(22,23)12-15)17(20)11-25-18(21)14-5-4-6-16(9-14)24-3/h4-6,9,13,15H,7-8,10-12H2,1-3H3/t15-/m0/s1. The zero-order valence-electron chi connectivity index (χ0n) is 15.3. The van der Waals surface area contributed by atoms with Crippen molar-refractivity contribution in [2.45, 2.75) is 26.3 Å². The van der Waals surface area contributed by atoms with E-state index in [1.54, 1.807) is 18.2 Å². The average molecular weight is 383 g/mol. The van der Waals surface area contributed by atoms with E-state index < -0.39 is 22.4 Å². The molecule has 8 heteroatoms. The second kappa shape index (κ2) is 8.53. The molecule has 0 aromatic heterocycles. The second-order valence-corrected chi connectivity index (χ2v) is 9.03. The van der Waals surface area contributed by atoms with Gasteiger partial charge in [0.25, 0.3) is 5.91 Å². The highest BCUT2D eigenvalue weighted by Gasteiger charge is 2.35. The summed E-state index contributed by atoms with van der Waals surface area (Å²) < 4.78 is 33.6. The first-order chi connectivity index (χ1) is 12.2. The third-order valence-corrected chi connectivity index (χ3v) is 5.91. The molecule has 0 aliphatic carbocycles. The maximum Gasteiger partial charge on any atom is 0.338 e. The molecule has 1 fully saturated rings. The second-order valence-electron chi connectivity index (χ2n) is 6.80. The highest BCUT2D eigenvalue weighted by atomic mass is 32.2. The number of methoxy groups -OCH3 is 1. The van der Waals surface area contributed by atoms with Gasteiger partial charge in [-0.15, -0.1) is 0 Å². The number of carbonyl (C=O) groups excluding carboxylic acids is 2. The molecule has 0 bridgehead atoms. The number of hydrogen-bond acceptors (Lipinski definition) is 6. The molecular formula is C18H25NO6S. The van der Waals surface area contributed by atoms with E-state index in [2.05, 4.69) is 0 Å². The van der Waals surface area contributed by atoms with Crippen LogP contribution in [0.25, 0.3) is 0 Å². The number of nitrogens with zero attached hydrogens (tertiary/aromatic N) is 1. The van der Waals surface area contributed by atoms with Crippen LogP contribution in [0.5, 0.6) is 5.75 Å². The van der Waals surface area contributed by atoms with E-state index in [1.165, 1.54) is 18.1 Å². The van der Waals surface area contributed by atoms with Crippen molar-refractivity contribution < 1.29 is 27.5 Å². The predicted molar refractivity (Wildman–Crippen MR) is 96.9 cm³/mol. The molecule has 2 rings (SSSR count). The molecule has 0 radical (unpaired) electrons. The number of benzene rings is 1. The van der Waals surface area contributed by atoms with Gasteiger partial charge in [-0.05, 0) is 30.5 Å². The maximum absolute atomic E-state index is 12.6. The molecular weight excluding hydrogens is 358 g/mol. The molecule has 26 heavy (non-hydrogen) atoms. The van der Waals surface area contributed by atoms with E-state index in [9.17, 15) is 18.0 Å². The summed E-state index contributed by atoms with van der Waals surface area (Å²) in [5, 5.41) is 0. The smallest absolute Gasteiger partial charge is 0.338 e. The van der Waals surface area contributed by atoms with Gasteiger partial charge in [0, 0.05) is 12.6 Å². The first-order valence-electron chi connectivity index (χ1n) is 8.53. The van der Waals surface area contributed by atoms with Crippen molar-refractivity contribution >= 4 is 21.7 Å². The number of esters is 1. The number of rotatable bonds is 7. The van der Waals surface area contributed by atoms with Crippen molar-refractivity contribution in [2.75, 3.05) is 31.8 Å². The van der Waals surface area contributed by atoms with Crippen molar-refractivity contribution in [1.29, 1.82) is 0 Å². The Kier molecular flexibility index (Phi) is 6.63. The van der Waals surface area contributed by atoms with E-state index in [0.717, 1.165) is 0 Å². The third-order valence-electron chi connectivity index (χ3n) is 4.16. The lowest BCUT2D eigenvalue weighted by molar-refractivity contribution is -0.137. The summed E-state index contributed by atoms with van der Waals surface area (Å²) in [7, 11) is -1.61. The average Bonchev–Trinajstić information content (AvgIpc) is 2.96. The van der Waals surface area contributed by atoms with Gasteiger partial charge in [-0.1, -0.05) is 19.9 Å². The van der Waals surface area contributed by atoms with Crippen LogP contribution in [0.4, 0.5) is 0 Å². The molecule has 1 aliphatic heterocycles. The Bertz CT molecular complexity index is 759. The molecule has 1 aromatic carbocycles. The van der Waals surface area contributed by atoms with Crippen LogP contribution in [0.1, 0.15) is 30.6 Å². The summed E-state index contributed by atoms with van der Waals surface area (Å²) in [4.78, 5) is 26.2. The van der Waals surface area contributed by atoms with Crippen molar-refractivity contribution in [3.63, 3.8) is 0 Å². The van der Waals surface area contributed by atoms with Crippen molar-refractivity contribution in [1.82, 2.24) is 4.90 Å². The number of sulfone groups is 1. The molecule has 1 saturated heterocycles. The molecule has 1 amide bonds. The minimum absolute atomic E-state index is 0.0324. The van der Waals surface area contributed by atoms with E-state index in [-0.39, 0.29) is 34.9 Å². The highest BCUT2D eigenvalue weighted by Crippen LogP contribution is 2.20. The first-order valence-corrected chi connectivity index (χ1v) is 10.3. The fourth-order valence-electron chi connectivity index (χ4n) is 2.91. The Labute approximate surface area is 154 Å². The number of carbonyl (C=O) groups is 2. The predicted octanol–water partition coefficient (Wildman–Crippen LogP) is 1.52. The van der Waals surface area contributed by atoms with E-state index in [4.69, 9.17) is 9.47 Å². The fraction of sp³-hybridized carbons (Fsp3) is 0.556. The lowest BCUT2D eigenvalue weighted by Gasteiger charge is -2.29. The van der Waals surface area contributed by atoms with E-state index >= 15 is 0 Å². The van der Waals surface area contributed by atoms with Gasteiger partial charge in [0.2, 0.25) is 0 Å². The molecule has 7 nitrogen and oxygen atoms in total. The lowest BCUT2D eigenvalue weighted by atomic mass is 10.1. The topological polar surface area (TPSA) is 90.0 Å². The summed E-state index contributed by atoms with van der Waals surface area (Å²) in [6.45, 7) is 3.91. The summed E-state index contributed by atoms with van der Waals surface area (Å²) >= 11 is 0. The highest BCUT2D eigenvalue weighted by molar-refractivity contribution is 7.91. The molecule has 0 N–H and O–H groups in total. The molecule has 144 valence electrons. The van der Waals surface area contributed by atoms with Crippen LogP contribution in [0.15, 0.2) is 24.3 Å². The van der Waals surface area contributed by atoms with Crippen molar-refractivity contribution in [2.24, 2.45) is 5.92 Å². The fourth-order valence-corrected chi connectivity index (χ4v) is 4.64. The van der Waals surface area contributed by atoms with Crippen molar-refractivity contribution in [3.8, 4) is 5.75 Å². The van der Waals surface area contributed by atoms with Crippen molar-refractivity contribution in [3.05, 3.63) is 29.8 Å². The van der Waals surface area contributed by atoms with Gasteiger partial charge in [-0.2, -0.15) is 0 Å². The van der Waals surface area contributed by atoms with Gasteiger partial charge in [0.15, 0.2) is 16.4 Å². The molecule has 1 aliphatic rings. The number of ether oxygens (including phenoxy) is 2. The Hall–Kier alpha value is -2.09. The summed E-state index contributed by atoms with van der Waals surface area (Å²) in [6.07, 6.45) is 0.421. The van der Waals surface area contributed by atoms with Gasteiger partial charge < -0.3 is 14.4 Å². The van der Waals surface area contributed by atoms with Gasteiger partial charge >= 0.3 is 5.97 Å². The van der Waals surface area contributed by atoms with Gasteiger partial charge in [-0.3, -0.25) is 4.79 Å². The van der Waals surface area contributed by atoms with Crippen LogP contribution < -0.4 is 4.74 Å². The van der Waals surface area contributed by atoms with E-state index in [0.29, 0.717) is 18.7 Å². The maximum atomic E-state index is 12.6. The Morgan fingerprint density at radius 3 is 2.62 bits per heavy atom. The SMILES string of the molecule is COc1cccc(C(=O)OCC(=O)N(CC(C)C)[C@H]2CCS(=O)(=O)C2)c1. The first kappa shape index (κ1) is 20.2. The summed E-state index contributed by atoms with van der Waals surface area (Å²) in [5.41, 5.74) is 0.288. The molecule has 0 saturated carbocycles. The minimum atomic E-state index is -3.11. The molecule has 1 heterocycles. The van der Waals surface area contributed by atoms with Crippen LogP contribution in [0, 0.1) is 5.92 Å². The van der Waals surface area contributed by atoms with Crippen LogP contribution in [0.2, 0.25) is 0 Å². The Morgan fingerprint density at radius 2 is 2.04 bits per heavy atom.